The van der Waals surface area contributed by atoms with E-state index in [0.29, 0.717) is 27.9 Å². The number of rotatable bonds is 4. The lowest BCUT2D eigenvalue weighted by molar-refractivity contribution is 0.0491. The van der Waals surface area contributed by atoms with Crippen LogP contribution in [0.3, 0.4) is 0 Å². The molecule has 0 bridgehead atoms. The molecule has 1 amide bonds. The molecule has 0 atom stereocenters. The molecule has 7 heteroatoms. The van der Waals surface area contributed by atoms with Crippen LogP contribution in [0.1, 0.15) is 34.7 Å². The molecule has 1 heterocycles. The molecular weight excluding hydrogens is 410 g/mol. The first kappa shape index (κ1) is 19.1. The summed E-state index contributed by atoms with van der Waals surface area (Å²) in [5.41, 5.74) is 2.51. The molecule has 6 nitrogen and oxygen atoms in total. The lowest BCUT2D eigenvalue weighted by Gasteiger charge is -2.26. The van der Waals surface area contributed by atoms with Gasteiger partial charge in [0.25, 0.3) is 11.8 Å². The predicted octanol–water partition coefficient (Wildman–Crippen LogP) is 3.81. The quantitative estimate of drug-likeness (QED) is 0.375. The summed E-state index contributed by atoms with van der Waals surface area (Å²) < 4.78 is 8.39. The average molecular weight is 430 g/mol. The molecule has 0 spiro atoms. The molecule has 0 unspecified atom stereocenters. The number of hydrogen-bond acceptors (Lipinski definition) is 4. The maximum absolute atomic E-state index is 13.4. The molecule has 3 rings (SSSR count). The van der Waals surface area contributed by atoms with Gasteiger partial charge >= 0.3 is 0 Å². The van der Waals surface area contributed by atoms with Crippen LogP contribution in [0.4, 0.5) is 0 Å². The van der Waals surface area contributed by atoms with Crippen molar-refractivity contribution in [3.05, 3.63) is 64.3 Å². The van der Waals surface area contributed by atoms with Crippen LogP contribution < -0.4 is 16.0 Å². The van der Waals surface area contributed by atoms with Crippen LogP contribution in [0.2, 0.25) is 0 Å². The van der Waals surface area contributed by atoms with Gasteiger partial charge in [0.15, 0.2) is 5.60 Å². The molecule has 0 aliphatic heterocycles. The topological polar surface area (TPSA) is 86.4 Å². The van der Waals surface area contributed by atoms with Crippen LogP contribution in [0.15, 0.2) is 53.0 Å². The smallest absolute Gasteiger partial charge is 0.274 e. The second-order valence-corrected chi connectivity index (χ2v) is 7.57. The Morgan fingerprint density at radius 3 is 2.37 bits per heavy atom. The van der Waals surface area contributed by atoms with Crippen molar-refractivity contribution in [1.82, 2.24) is 9.99 Å². The number of ether oxygens (including phenoxy) is 1. The Labute approximate surface area is 165 Å². The highest BCUT2D eigenvalue weighted by Crippen LogP contribution is 2.29. The molecule has 0 fully saturated rings. The first-order valence-electron chi connectivity index (χ1n) is 8.36. The van der Waals surface area contributed by atoms with Crippen molar-refractivity contribution in [2.24, 2.45) is 5.84 Å². The minimum absolute atomic E-state index is 0.282. The molecule has 0 saturated carbocycles. The van der Waals surface area contributed by atoms with E-state index in [-0.39, 0.29) is 5.91 Å². The maximum atomic E-state index is 13.4. The van der Waals surface area contributed by atoms with Crippen LogP contribution in [0.5, 0.6) is 5.75 Å². The average Bonchev–Trinajstić information content (AvgIpc) is 2.94. The van der Waals surface area contributed by atoms with Gasteiger partial charge in [0.05, 0.1) is 11.1 Å². The van der Waals surface area contributed by atoms with Gasteiger partial charge in [-0.3, -0.25) is 19.6 Å². The first-order valence-corrected chi connectivity index (χ1v) is 9.16. The molecule has 0 aliphatic rings. The first-order chi connectivity index (χ1) is 12.8. The number of nitrogens with zero attached hydrogens (tertiary/aromatic N) is 1. The maximum Gasteiger partial charge on any atom is 0.274 e. The van der Waals surface area contributed by atoms with Crippen molar-refractivity contribution in [3.8, 4) is 5.75 Å². The summed E-state index contributed by atoms with van der Waals surface area (Å²) in [6, 6.07) is 14.5. The second-order valence-electron chi connectivity index (χ2n) is 6.66. The Hall–Kier alpha value is -2.64. The zero-order chi connectivity index (χ0) is 19.8. The van der Waals surface area contributed by atoms with E-state index in [1.807, 2.05) is 24.3 Å². The highest BCUT2D eigenvalue weighted by molar-refractivity contribution is 9.10. The Bertz CT molecular complexity index is 1020. The predicted molar refractivity (Wildman–Crippen MR) is 108 cm³/mol. The van der Waals surface area contributed by atoms with Gasteiger partial charge in [0.2, 0.25) is 0 Å². The highest BCUT2D eigenvalue weighted by Gasteiger charge is 2.35. The molecule has 27 heavy (non-hydrogen) atoms. The highest BCUT2D eigenvalue weighted by atomic mass is 79.9. The fourth-order valence-electron chi connectivity index (χ4n) is 3.10. The molecule has 1 aromatic heterocycles. The zero-order valence-corrected chi connectivity index (χ0v) is 16.8. The van der Waals surface area contributed by atoms with Crippen molar-refractivity contribution < 1.29 is 14.3 Å². The molecular formula is C20H20BrN3O3. The summed E-state index contributed by atoms with van der Waals surface area (Å²) in [6.45, 7) is 5.13. The van der Waals surface area contributed by atoms with Gasteiger partial charge in [-0.05, 0) is 51.1 Å². The number of hydrogen-bond donors (Lipinski definition) is 2. The van der Waals surface area contributed by atoms with Crippen molar-refractivity contribution in [3.63, 3.8) is 0 Å². The molecule has 0 saturated heterocycles. The lowest BCUT2D eigenvalue weighted by Crippen LogP contribution is -2.42. The summed E-state index contributed by atoms with van der Waals surface area (Å²) >= 11 is 3.38. The number of halogens is 1. The number of fused-ring (bicyclic) bond motifs is 1. The summed E-state index contributed by atoms with van der Waals surface area (Å²) in [5.74, 6) is 5.18. The lowest BCUT2D eigenvalue weighted by atomic mass is 10.1. The number of amides is 1. The Morgan fingerprint density at radius 1 is 1.11 bits per heavy atom. The summed E-state index contributed by atoms with van der Waals surface area (Å²) in [6.07, 6.45) is 0. The molecule has 2 aromatic carbocycles. The Morgan fingerprint density at radius 2 is 1.74 bits per heavy atom. The number of benzene rings is 2. The molecule has 0 aliphatic carbocycles. The standard InChI is InChI=1S/C20H20BrN3O3/c1-12-17(18(25)23-22)15-6-4-5-7-16(15)24(12)19(26)20(2,3)27-14-10-8-13(21)9-11-14/h4-11H,22H2,1-3H3,(H,23,25). The number of nitrogens with two attached hydrogens (primary N) is 1. The fraction of sp³-hybridized carbons (Fsp3) is 0.200. The van der Waals surface area contributed by atoms with Crippen molar-refractivity contribution in [2.75, 3.05) is 0 Å². The third-order valence-electron chi connectivity index (χ3n) is 4.37. The molecule has 0 radical (unpaired) electrons. The van der Waals surface area contributed by atoms with Gasteiger partial charge in [0.1, 0.15) is 5.75 Å². The van der Waals surface area contributed by atoms with Crippen LogP contribution >= 0.6 is 15.9 Å². The van der Waals surface area contributed by atoms with Gasteiger partial charge < -0.3 is 4.74 Å². The SMILES string of the molecule is Cc1c(C(=O)NN)c2ccccc2n1C(=O)C(C)(C)Oc1ccc(Br)cc1. The van der Waals surface area contributed by atoms with Crippen LogP contribution in [-0.4, -0.2) is 22.0 Å². The van der Waals surface area contributed by atoms with Crippen LogP contribution in [0.25, 0.3) is 10.9 Å². The number of nitrogen functional groups attached to an aromatic ring is 1. The number of carbonyl (C=O) groups excluding carboxylic acids is 2. The molecule has 3 N–H and O–H groups in total. The number of nitrogens with one attached hydrogen (secondary N) is 1. The zero-order valence-electron chi connectivity index (χ0n) is 15.2. The van der Waals surface area contributed by atoms with Gasteiger partial charge in [-0.15, -0.1) is 0 Å². The van der Waals surface area contributed by atoms with Gasteiger partial charge in [0, 0.05) is 15.6 Å². The van der Waals surface area contributed by atoms with Crippen molar-refractivity contribution in [1.29, 1.82) is 0 Å². The largest absolute Gasteiger partial charge is 0.478 e. The number of carbonyl (C=O) groups is 2. The summed E-state index contributed by atoms with van der Waals surface area (Å²) in [4.78, 5) is 25.6. The Kier molecular flexibility index (Phi) is 5.08. The minimum atomic E-state index is -1.16. The Balaban J connectivity index is 2.08. The van der Waals surface area contributed by atoms with Crippen molar-refractivity contribution in [2.45, 2.75) is 26.4 Å². The molecule has 140 valence electrons. The van der Waals surface area contributed by atoms with Gasteiger partial charge in [-0.1, -0.05) is 34.1 Å². The van der Waals surface area contributed by atoms with E-state index in [4.69, 9.17) is 10.6 Å². The number of aromatic nitrogens is 1. The van der Waals surface area contributed by atoms with E-state index in [9.17, 15) is 9.59 Å². The third-order valence-corrected chi connectivity index (χ3v) is 4.90. The van der Waals surface area contributed by atoms with E-state index in [0.717, 1.165) is 4.47 Å². The van der Waals surface area contributed by atoms with E-state index in [1.165, 1.54) is 4.57 Å². The minimum Gasteiger partial charge on any atom is -0.478 e. The van der Waals surface area contributed by atoms with E-state index >= 15 is 0 Å². The summed E-state index contributed by atoms with van der Waals surface area (Å²) in [7, 11) is 0. The second kappa shape index (κ2) is 7.17. The van der Waals surface area contributed by atoms with E-state index in [1.54, 1.807) is 45.0 Å². The monoisotopic (exact) mass is 429 g/mol. The number of hydrazine groups is 1. The van der Waals surface area contributed by atoms with E-state index in [2.05, 4.69) is 21.4 Å². The van der Waals surface area contributed by atoms with E-state index < -0.39 is 11.5 Å². The van der Waals surface area contributed by atoms with Crippen LogP contribution in [0, 0.1) is 6.92 Å². The van der Waals surface area contributed by atoms with Gasteiger partial charge in [-0.25, -0.2) is 5.84 Å². The normalized spacial score (nSPS) is 11.4. The molecule has 3 aromatic rings. The summed E-state index contributed by atoms with van der Waals surface area (Å²) in [5, 5.41) is 0.658. The van der Waals surface area contributed by atoms with Gasteiger partial charge in [-0.2, -0.15) is 0 Å². The van der Waals surface area contributed by atoms with Crippen molar-refractivity contribution >= 4 is 38.6 Å². The van der Waals surface area contributed by atoms with Crippen LogP contribution in [-0.2, 0) is 0 Å². The fourth-order valence-corrected chi connectivity index (χ4v) is 3.36. The third kappa shape index (κ3) is 3.48. The number of para-hydroxylation sites is 1.